The van der Waals surface area contributed by atoms with Gasteiger partial charge in [0.15, 0.2) is 11.9 Å². The predicted molar refractivity (Wildman–Crippen MR) is 71.6 cm³/mol. The molecular weight excluding hydrogens is 243 g/mol. The van der Waals surface area contributed by atoms with Crippen LogP contribution >= 0.6 is 0 Å². The topological polar surface area (TPSA) is 26.3 Å². The molecule has 2 rings (SSSR count). The molecule has 0 bridgehead atoms. The van der Waals surface area contributed by atoms with Gasteiger partial charge < -0.3 is 4.74 Å². The Bertz CT molecular complexity index is 576. The smallest absolute Gasteiger partial charge is 0.181 e. The third-order valence-corrected chi connectivity index (χ3v) is 2.88. The van der Waals surface area contributed by atoms with Crippen LogP contribution in [0.5, 0.6) is 5.75 Å². The van der Waals surface area contributed by atoms with Gasteiger partial charge in [0, 0.05) is 5.56 Å². The summed E-state index contributed by atoms with van der Waals surface area (Å²) in [5, 5.41) is 0. The van der Waals surface area contributed by atoms with E-state index < -0.39 is 6.10 Å². The molecule has 0 spiro atoms. The van der Waals surface area contributed by atoms with E-state index in [0.29, 0.717) is 11.3 Å². The molecule has 19 heavy (non-hydrogen) atoms. The molecule has 2 aromatic rings. The molecule has 0 aliphatic heterocycles. The van der Waals surface area contributed by atoms with Crippen molar-refractivity contribution in [3.8, 4) is 5.75 Å². The minimum atomic E-state index is -0.707. The van der Waals surface area contributed by atoms with Gasteiger partial charge in [0.25, 0.3) is 0 Å². The lowest BCUT2D eigenvalue weighted by molar-refractivity contribution is -0.123. The lowest BCUT2D eigenvalue weighted by atomic mass is 10.1. The van der Waals surface area contributed by atoms with Crippen LogP contribution in [-0.4, -0.2) is 5.78 Å². The Labute approximate surface area is 111 Å². The molecule has 0 saturated carbocycles. The second-order valence-electron chi connectivity index (χ2n) is 4.43. The van der Waals surface area contributed by atoms with E-state index in [0.717, 1.165) is 5.56 Å². The number of benzene rings is 2. The van der Waals surface area contributed by atoms with Crippen LogP contribution in [0.1, 0.15) is 24.2 Å². The van der Waals surface area contributed by atoms with Crippen LogP contribution < -0.4 is 4.74 Å². The largest absolute Gasteiger partial charge is 0.478 e. The summed E-state index contributed by atoms with van der Waals surface area (Å²) < 4.78 is 18.7. The van der Waals surface area contributed by atoms with Crippen LogP contribution in [0.2, 0.25) is 0 Å². The van der Waals surface area contributed by atoms with Crippen LogP contribution in [0.3, 0.4) is 0 Å². The summed E-state index contributed by atoms with van der Waals surface area (Å²) in [6.07, 6.45) is -0.707. The first-order chi connectivity index (χ1) is 9.08. The maximum atomic E-state index is 12.9. The number of ether oxygens (including phenoxy) is 1. The van der Waals surface area contributed by atoms with Crippen molar-refractivity contribution in [1.29, 1.82) is 0 Å². The van der Waals surface area contributed by atoms with Gasteiger partial charge in [-0.1, -0.05) is 30.3 Å². The highest BCUT2D eigenvalue weighted by atomic mass is 19.1. The second-order valence-corrected chi connectivity index (χ2v) is 4.43. The molecule has 2 nitrogen and oxygen atoms in total. The zero-order chi connectivity index (χ0) is 13.8. The summed E-state index contributed by atoms with van der Waals surface area (Å²) >= 11 is 0. The Balaban J connectivity index is 2.29. The Morgan fingerprint density at radius 2 is 1.74 bits per heavy atom. The molecule has 0 aromatic heterocycles. The van der Waals surface area contributed by atoms with Crippen molar-refractivity contribution >= 4 is 5.78 Å². The van der Waals surface area contributed by atoms with Gasteiger partial charge >= 0.3 is 0 Å². The SMILES string of the molecule is CC(=O)C(Oc1ccccc1C)c1ccc(F)cc1. The van der Waals surface area contributed by atoms with Crippen LogP contribution in [0, 0.1) is 12.7 Å². The van der Waals surface area contributed by atoms with Gasteiger partial charge in [-0.2, -0.15) is 0 Å². The van der Waals surface area contributed by atoms with Gasteiger partial charge in [-0.3, -0.25) is 4.79 Å². The molecule has 1 unspecified atom stereocenters. The molecule has 98 valence electrons. The van der Waals surface area contributed by atoms with Gasteiger partial charge in [-0.25, -0.2) is 4.39 Å². The molecule has 0 saturated heterocycles. The molecule has 0 heterocycles. The van der Waals surface area contributed by atoms with E-state index in [4.69, 9.17) is 4.74 Å². The van der Waals surface area contributed by atoms with Crippen molar-refractivity contribution in [1.82, 2.24) is 0 Å². The normalized spacial score (nSPS) is 11.9. The molecule has 0 aliphatic rings. The first-order valence-corrected chi connectivity index (χ1v) is 6.06. The van der Waals surface area contributed by atoms with Crippen LogP contribution in [-0.2, 0) is 4.79 Å². The number of halogens is 1. The Hall–Kier alpha value is -2.16. The van der Waals surface area contributed by atoms with E-state index in [9.17, 15) is 9.18 Å². The van der Waals surface area contributed by atoms with Crippen molar-refractivity contribution in [2.75, 3.05) is 0 Å². The maximum absolute atomic E-state index is 12.9. The number of carbonyl (C=O) groups excluding carboxylic acids is 1. The second kappa shape index (κ2) is 5.65. The maximum Gasteiger partial charge on any atom is 0.181 e. The zero-order valence-electron chi connectivity index (χ0n) is 10.9. The zero-order valence-corrected chi connectivity index (χ0v) is 10.9. The van der Waals surface area contributed by atoms with Crippen molar-refractivity contribution in [2.45, 2.75) is 20.0 Å². The molecule has 1 atom stereocenters. The number of carbonyl (C=O) groups is 1. The minimum Gasteiger partial charge on any atom is -0.478 e. The number of rotatable bonds is 4. The van der Waals surface area contributed by atoms with Gasteiger partial charge in [0.2, 0.25) is 0 Å². The van der Waals surface area contributed by atoms with E-state index in [2.05, 4.69) is 0 Å². The molecule has 0 aliphatic carbocycles. The van der Waals surface area contributed by atoms with Gasteiger partial charge in [-0.05, 0) is 37.6 Å². The number of aryl methyl sites for hydroxylation is 1. The monoisotopic (exact) mass is 258 g/mol. The molecule has 0 fully saturated rings. The lowest BCUT2D eigenvalue weighted by Crippen LogP contribution is -2.16. The van der Waals surface area contributed by atoms with Gasteiger partial charge in [-0.15, -0.1) is 0 Å². The van der Waals surface area contributed by atoms with Gasteiger partial charge in [0.1, 0.15) is 11.6 Å². The molecule has 0 amide bonds. The molecule has 3 heteroatoms. The number of Topliss-reactive ketones (excluding diaryl/α,β-unsaturated/α-hetero) is 1. The van der Waals surface area contributed by atoms with Crippen molar-refractivity contribution in [3.05, 3.63) is 65.5 Å². The summed E-state index contributed by atoms with van der Waals surface area (Å²) in [5.74, 6) is 0.212. The molecular formula is C16H15FO2. The molecule has 0 radical (unpaired) electrons. The number of hydrogen-bond acceptors (Lipinski definition) is 2. The summed E-state index contributed by atoms with van der Waals surface area (Å²) in [6, 6.07) is 13.3. The Morgan fingerprint density at radius 3 is 2.32 bits per heavy atom. The van der Waals surface area contributed by atoms with Crippen LogP contribution in [0.25, 0.3) is 0 Å². The number of ketones is 1. The van der Waals surface area contributed by atoms with E-state index in [1.807, 2.05) is 31.2 Å². The fourth-order valence-electron chi connectivity index (χ4n) is 1.84. The number of hydrogen-bond donors (Lipinski definition) is 0. The quantitative estimate of drug-likeness (QED) is 0.832. The first kappa shape index (κ1) is 13.3. The summed E-state index contributed by atoms with van der Waals surface area (Å²) in [4.78, 5) is 11.7. The fraction of sp³-hybridized carbons (Fsp3) is 0.188. The van der Waals surface area contributed by atoms with E-state index in [-0.39, 0.29) is 11.6 Å². The summed E-state index contributed by atoms with van der Waals surface area (Å²) in [7, 11) is 0. The summed E-state index contributed by atoms with van der Waals surface area (Å²) in [6.45, 7) is 3.38. The first-order valence-electron chi connectivity index (χ1n) is 6.06. The van der Waals surface area contributed by atoms with E-state index in [1.165, 1.54) is 19.1 Å². The number of para-hydroxylation sites is 1. The van der Waals surface area contributed by atoms with Gasteiger partial charge in [0.05, 0.1) is 0 Å². The Kier molecular flexibility index (Phi) is 3.95. The van der Waals surface area contributed by atoms with E-state index in [1.54, 1.807) is 12.1 Å². The summed E-state index contributed by atoms with van der Waals surface area (Å²) in [5.41, 5.74) is 1.60. The van der Waals surface area contributed by atoms with Crippen molar-refractivity contribution in [3.63, 3.8) is 0 Å². The molecule has 2 aromatic carbocycles. The van der Waals surface area contributed by atoms with Crippen LogP contribution in [0.4, 0.5) is 4.39 Å². The highest BCUT2D eigenvalue weighted by Gasteiger charge is 2.19. The van der Waals surface area contributed by atoms with E-state index >= 15 is 0 Å². The average molecular weight is 258 g/mol. The third kappa shape index (κ3) is 3.19. The van der Waals surface area contributed by atoms with Crippen molar-refractivity contribution in [2.24, 2.45) is 0 Å². The molecule has 0 N–H and O–H groups in total. The van der Waals surface area contributed by atoms with Crippen molar-refractivity contribution < 1.29 is 13.9 Å². The third-order valence-electron chi connectivity index (χ3n) is 2.88. The predicted octanol–water partition coefficient (Wildman–Crippen LogP) is 3.84. The minimum absolute atomic E-state index is 0.116. The highest BCUT2D eigenvalue weighted by molar-refractivity contribution is 5.82. The van der Waals surface area contributed by atoms with Crippen LogP contribution in [0.15, 0.2) is 48.5 Å². The lowest BCUT2D eigenvalue weighted by Gasteiger charge is -2.18. The Morgan fingerprint density at radius 1 is 1.11 bits per heavy atom. The highest BCUT2D eigenvalue weighted by Crippen LogP contribution is 2.25. The standard InChI is InChI=1S/C16H15FO2/c1-11-5-3-4-6-15(11)19-16(12(2)18)13-7-9-14(17)10-8-13/h3-10,16H,1-2H3. The fourth-order valence-corrected chi connectivity index (χ4v) is 1.84. The average Bonchev–Trinajstić information content (AvgIpc) is 2.39.